The maximum absolute atomic E-state index is 5.83. The fourth-order valence-electron chi connectivity index (χ4n) is 1.51. The lowest BCUT2D eigenvalue weighted by Gasteiger charge is -2.01. The van der Waals surface area contributed by atoms with E-state index in [2.05, 4.69) is 18.3 Å². The van der Waals surface area contributed by atoms with Crippen LogP contribution in [0.25, 0.3) is 0 Å². The molecule has 0 saturated heterocycles. The summed E-state index contributed by atoms with van der Waals surface area (Å²) in [4.78, 5) is 0. The first-order chi connectivity index (χ1) is 5.25. The summed E-state index contributed by atoms with van der Waals surface area (Å²) in [5.74, 6) is 0. The Bertz CT molecular complexity index is 283. The standard InChI is InChI=1S/C9H10ClN/c1-6-4-7-2-3-8(10)5-9(7)11-6/h2-3,5-6,11H,4H2,1H3/t6-/m1/s1. The van der Waals surface area contributed by atoms with E-state index in [9.17, 15) is 0 Å². The first-order valence-corrected chi connectivity index (χ1v) is 4.18. The predicted octanol–water partition coefficient (Wildman–Crippen LogP) is 2.70. The third kappa shape index (κ3) is 1.21. The van der Waals surface area contributed by atoms with Crippen molar-refractivity contribution in [1.29, 1.82) is 0 Å². The average molecular weight is 168 g/mol. The Labute approximate surface area is 71.4 Å². The van der Waals surface area contributed by atoms with Crippen LogP contribution in [0.4, 0.5) is 5.69 Å². The number of rotatable bonds is 0. The molecule has 0 bridgehead atoms. The molecule has 0 fully saturated rings. The lowest BCUT2D eigenvalue weighted by molar-refractivity contribution is 0.839. The van der Waals surface area contributed by atoms with E-state index in [0.717, 1.165) is 11.4 Å². The quantitative estimate of drug-likeness (QED) is 0.627. The Morgan fingerprint density at radius 2 is 2.36 bits per heavy atom. The summed E-state index contributed by atoms with van der Waals surface area (Å²) >= 11 is 5.83. The predicted molar refractivity (Wildman–Crippen MR) is 48.2 cm³/mol. The van der Waals surface area contributed by atoms with Crippen LogP contribution in [-0.4, -0.2) is 6.04 Å². The fraction of sp³-hybridized carbons (Fsp3) is 0.333. The molecule has 0 aliphatic carbocycles. The number of nitrogens with one attached hydrogen (secondary N) is 1. The van der Waals surface area contributed by atoms with Crippen LogP contribution in [0.5, 0.6) is 0 Å². The molecular weight excluding hydrogens is 158 g/mol. The van der Waals surface area contributed by atoms with Crippen LogP contribution >= 0.6 is 11.6 Å². The number of fused-ring (bicyclic) bond motifs is 1. The van der Waals surface area contributed by atoms with Crippen LogP contribution < -0.4 is 5.32 Å². The molecule has 0 unspecified atom stereocenters. The number of hydrogen-bond acceptors (Lipinski definition) is 1. The van der Waals surface area contributed by atoms with Crippen LogP contribution in [0.2, 0.25) is 5.02 Å². The largest absolute Gasteiger partial charge is 0.382 e. The number of benzene rings is 1. The highest BCUT2D eigenvalue weighted by molar-refractivity contribution is 6.30. The van der Waals surface area contributed by atoms with Crippen LogP contribution in [0.1, 0.15) is 12.5 Å². The van der Waals surface area contributed by atoms with Gasteiger partial charge in [-0.2, -0.15) is 0 Å². The Morgan fingerprint density at radius 3 is 3.18 bits per heavy atom. The van der Waals surface area contributed by atoms with Crippen molar-refractivity contribution in [2.75, 3.05) is 5.32 Å². The second-order valence-corrected chi connectivity index (χ2v) is 3.49. The summed E-state index contributed by atoms with van der Waals surface area (Å²) in [7, 11) is 0. The molecule has 1 aliphatic heterocycles. The van der Waals surface area contributed by atoms with Crippen LogP contribution in [0.3, 0.4) is 0 Å². The van der Waals surface area contributed by atoms with Crippen molar-refractivity contribution < 1.29 is 0 Å². The fourth-order valence-corrected chi connectivity index (χ4v) is 1.68. The first kappa shape index (κ1) is 6.99. The minimum atomic E-state index is 0.559. The van der Waals surface area contributed by atoms with Crippen molar-refractivity contribution in [3.63, 3.8) is 0 Å². The maximum atomic E-state index is 5.83. The molecule has 0 radical (unpaired) electrons. The number of hydrogen-bond donors (Lipinski definition) is 1. The Balaban J connectivity index is 2.43. The number of halogens is 1. The van der Waals surface area contributed by atoms with Gasteiger partial charge in [0.05, 0.1) is 0 Å². The normalized spacial score (nSPS) is 21.1. The zero-order valence-electron chi connectivity index (χ0n) is 6.39. The van der Waals surface area contributed by atoms with Gasteiger partial charge in [0.15, 0.2) is 0 Å². The SMILES string of the molecule is C[C@@H]1Cc2ccc(Cl)cc2N1. The summed E-state index contributed by atoms with van der Waals surface area (Å²) in [6, 6.07) is 6.58. The summed E-state index contributed by atoms with van der Waals surface area (Å²) in [5, 5.41) is 4.16. The van der Waals surface area contributed by atoms with Crippen LogP contribution in [0.15, 0.2) is 18.2 Å². The van der Waals surface area contributed by atoms with Gasteiger partial charge in [-0.05, 0) is 31.0 Å². The van der Waals surface area contributed by atoms with Gasteiger partial charge in [-0.25, -0.2) is 0 Å². The molecule has 1 aromatic rings. The van der Waals surface area contributed by atoms with Gasteiger partial charge < -0.3 is 5.32 Å². The summed E-state index contributed by atoms with van der Waals surface area (Å²) in [5.41, 5.74) is 2.58. The first-order valence-electron chi connectivity index (χ1n) is 3.80. The molecule has 1 nitrogen and oxygen atoms in total. The minimum Gasteiger partial charge on any atom is -0.382 e. The van der Waals surface area contributed by atoms with E-state index in [1.807, 2.05) is 12.1 Å². The molecule has 1 N–H and O–H groups in total. The van der Waals surface area contributed by atoms with E-state index in [1.165, 1.54) is 11.3 Å². The third-order valence-corrected chi connectivity index (χ3v) is 2.24. The molecule has 11 heavy (non-hydrogen) atoms. The molecule has 1 atom stereocenters. The van der Waals surface area contributed by atoms with Gasteiger partial charge >= 0.3 is 0 Å². The molecule has 2 heteroatoms. The molecule has 0 aromatic heterocycles. The van der Waals surface area contributed by atoms with Crippen molar-refractivity contribution in [3.05, 3.63) is 28.8 Å². The summed E-state index contributed by atoms with van der Waals surface area (Å²) < 4.78 is 0. The maximum Gasteiger partial charge on any atom is 0.0426 e. The van der Waals surface area contributed by atoms with Crippen molar-refractivity contribution in [3.8, 4) is 0 Å². The molecule has 58 valence electrons. The second kappa shape index (κ2) is 2.42. The molecule has 2 rings (SSSR count). The van der Waals surface area contributed by atoms with Crippen LogP contribution in [-0.2, 0) is 6.42 Å². The summed E-state index contributed by atoms with van der Waals surface area (Å²) in [6.07, 6.45) is 1.12. The van der Waals surface area contributed by atoms with Crippen molar-refractivity contribution >= 4 is 17.3 Å². The second-order valence-electron chi connectivity index (χ2n) is 3.05. The monoisotopic (exact) mass is 167 g/mol. The summed E-state index contributed by atoms with van der Waals surface area (Å²) in [6.45, 7) is 2.17. The Morgan fingerprint density at radius 1 is 1.55 bits per heavy atom. The van der Waals surface area contributed by atoms with Crippen molar-refractivity contribution in [1.82, 2.24) is 0 Å². The average Bonchev–Trinajstić information content (AvgIpc) is 2.27. The molecule has 0 saturated carbocycles. The topological polar surface area (TPSA) is 12.0 Å². The van der Waals surface area contributed by atoms with Gasteiger partial charge in [0.25, 0.3) is 0 Å². The Hall–Kier alpha value is -0.690. The number of anilines is 1. The van der Waals surface area contributed by atoms with Gasteiger partial charge in [0.2, 0.25) is 0 Å². The zero-order valence-corrected chi connectivity index (χ0v) is 7.15. The lowest BCUT2D eigenvalue weighted by atomic mass is 10.1. The van der Waals surface area contributed by atoms with Crippen molar-refractivity contribution in [2.45, 2.75) is 19.4 Å². The van der Waals surface area contributed by atoms with Gasteiger partial charge in [-0.1, -0.05) is 17.7 Å². The van der Waals surface area contributed by atoms with Crippen LogP contribution in [0, 0.1) is 0 Å². The highest BCUT2D eigenvalue weighted by atomic mass is 35.5. The van der Waals surface area contributed by atoms with Gasteiger partial charge in [-0.15, -0.1) is 0 Å². The van der Waals surface area contributed by atoms with Gasteiger partial charge in [0, 0.05) is 16.8 Å². The molecule has 0 amide bonds. The molecular formula is C9H10ClN. The third-order valence-electron chi connectivity index (χ3n) is 2.00. The molecule has 1 heterocycles. The molecule has 1 aromatic carbocycles. The van der Waals surface area contributed by atoms with E-state index < -0.39 is 0 Å². The van der Waals surface area contributed by atoms with Crippen molar-refractivity contribution in [2.24, 2.45) is 0 Å². The highest BCUT2D eigenvalue weighted by Crippen LogP contribution is 2.28. The smallest absolute Gasteiger partial charge is 0.0426 e. The van der Waals surface area contributed by atoms with E-state index in [0.29, 0.717) is 6.04 Å². The minimum absolute atomic E-state index is 0.559. The molecule has 1 aliphatic rings. The van der Waals surface area contributed by atoms with E-state index in [4.69, 9.17) is 11.6 Å². The lowest BCUT2D eigenvalue weighted by Crippen LogP contribution is -2.08. The zero-order chi connectivity index (χ0) is 7.84. The van der Waals surface area contributed by atoms with E-state index in [1.54, 1.807) is 0 Å². The van der Waals surface area contributed by atoms with E-state index >= 15 is 0 Å². The molecule has 0 spiro atoms. The Kier molecular flexibility index (Phi) is 1.53. The van der Waals surface area contributed by atoms with Gasteiger partial charge in [0.1, 0.15) is 0 Å². The van der Waals surface area contributed by atoms with E-state index in [-0.39, 0.29) is 0 Å². The highest BCUT2D eigenvalue weighted by Gasteiger charge is 2.15. The van der Waals surface area contributed by atoms with Gasteiger partial charge in [-0.3, -0.25) is 0 Å².